The van der Waals surface area contributed by atoms with Gasteiger partial charge in [-0.25, -0.2) is 0 Å². The summed E-state index contributed by atoms with van der Waals surface area (Å²) in [6, 6.07) is 10.2. The summed E-state index contributed by atoms with van der Waals surface area (Å²) in [5.41, 5.74) is 1.23. The summed E-state index contributed by atoms with van der Waals surface area (Å²) in [6.07, 6.45) is 3.21. The lowest BCUT2D eigenvalue weighted by atomic mass is 9.94. The highest BCUT2D eigenvalue weighted by atomic mass is 16.5. The smallest absolute Gasteiger partial charge is 0.0499 e. The Morgan fingerprint density at radius 1 is 1.20 bits per heavy atom. The van der Waals surface area contributed by atoms with Crippen molar-refractivity contribution < 1.29 is 9.84 Å². The number of rotatable bonds is 7. The Hall–Kier alpha value is -0.860. The first-order valence-corrected chi connectivity index (χ1v) is 5.53. The first kappa shape index (κ1) is 12.2. The molecule has 1 N–H and O–H groups in total. The van der Waals surface area contributed by atoms with Crippen LogP contribution in [0, 0.1) is 0 Å². The van der Waals surface area contributed by atoms with Crippen molar-refractivity contribution in [2.45, 2.75) is 25.2 Å². The SMILES string of the molecule is COCCCCC(CO)c1ccccc1. The molecular formula is C13H20O2. The zero-order chi connectivity index (χ0) is 10.9. The van der Waals surface area contributed by atoms with Gasteiger partial charge in [0.05, 0.1) is 0 Å². The van der Waals surface area contributed by atoms with Crippen molar-refractivity contribution in [2.75, 3.05) is 20.3 Å². The van der Waals surface area contributed by atoms with Crippen LogP contribution in [0.15, 0.2) is 30.3 Å². The van der Waals surface area contributed by atoms with Crippen LogP contribution in [0.25, 0.3) is 0 Å². The highest BCUT2D eigenvalue weighted by Crippen LogP contribution is 2.20. The van der Waals surface area contributed by atoms with Crippen molar-refractivity contribution >= 4 is 0 Å². The molecule has 2 nitrogen and oxygen atoms in total. The van der Waals surface area contributed by atoms with Crippen LogP contribution in [-0.2, 0) is 4.74 Å². The standard InChI is InChI=1S/C13H20O2/c1-15-10-6-5-9-13(11-14)12-7-3-2-4-8-12/h2-4,7-8,13-14H,5-6,9-11H2,1H3. The highest BCUT2D eigenvalue weighted by molar-refractivity contribution is 5.19. The maximum Gasteiger partial charge on any atom is 0.0499 e. The minimum absolute atomic E-state index is 0.233. The van der Waals surface area contributed by atoms with Gasteiger partial charge >= 0.3 is 0 Å². The fourth-order valence-electron chi connectivity index (χ4n) is 1.73. The molecular weight excluding hydrogens is 188 g/mol. The Morgan fingerprint density at radius 3 is 2.53 bits per heavy atom. The van der Waals surface area contributed by atoms with Crippen LogP contribution in [0.3, 0.4) is 0 Å². The van der Waals surface area contributed by atoms with Gasteiger partial charge in [0.1, 0.15) is 0 Å². The number of unbranched alkanes of at least 4 members (excludes halogenated alkanes) is 1. The molecule has 0 aliphatic heterocycles. The molecule has 0 saturated carbocycles. The van der Waals surface area contributed by atoms with E-state index in [0.29, 0.717) is 0 Å². The number of ether oxygens (including phenoxy) is 1. The molecule has 0 aromatic heterocycles. The van der Waals surface area contributed by atoms with Gasteiger partial charge in [-0.05, 0) is 18.4 Å². The van der Waals surface area contributed by atoms with Crippen LogP contribution in [0.4, 0.5) is 0 Å². The topological polar surface area (TPSA) is 29.5 Å². The molecule has 0 radical (unpaired) electrons. The second-order valence-corrected chi connectivity index (χ2v) is 3.78. The first-order valence-electron chi connectivity index (χ1n) is 5.53. The summed E-state index contributed by atoms with van der Waals surface area (Å²) >= 11 is 0. The fraction of sp³-hybridized carbons (Fsp3) is 0.538. The van der Waals surface area contributed by atoms with Crippen molar-refractivity contribution in [1.29, 1.82) is 0 Å². The summed E-state index contributed by atoms with van der Waals surface area (Å²) in [4.78, 5) is 0. The summed E-state index contributed by atoms with van der Waals surface area (Å²) < 4.78 is 5.00. The van der Waals surface area contributed by atoms with Gasteiger partial charge in [0.2, 0.25) is 0 Å². The monoisotopic (exact) mass is 208 g/mol. The number of aliphatic hydroxyl groups excluding tert-OH is 1. The summed E-state index contributed by atoms with van der Waals surface area (Å²) in [5.74, 6) is 0.281. The first-order chi connectivity index (χ1) is 7.38. The zero-order valence-electron chi connectivity index (χ0n) is 9.36. The van der Waals surface area contributed by atoms with Crippen molar-refractivity contribution in [1.82, 2.24) is 0 Å². The second-order valence-electron chi connectivity index (χ2n) is 3.78. The van der Waals surface area contributed by atoms with Crippen molar-refractivity contribution in [3.05, 3.63) is 35.9 Å². The molecule has 84 valence electrons. The average molecular weight is 208 g/mol. The van der Waals surface area contributed by atoms with Crippen LogP contribution in [0.5, 0.6) is 0 Å². The van der Waals surface area contributed by atoms with Gasteiger partial charge < -0.3 is 9.84 Å². The van der Waals surface area contributed by atoms with Gasteiger partial charge in [-0.2, -0.15) is 0 Å². The van der Waals surface area contributed by atoms with E-state index in [0.717, 1.165) is 25.9 Å². The van der Waals surface area contributed by atoms with Crippen LogP contribution in [0.1, 0.15) is 30.7 Å². The molecule has 0 spiro atoms. The lowest BCUT2D eigenvalue weighted by Crippen LogP contribution is -2.04. The molecule has 0 aliphatic rings. The van der Waals surface area contributed by atoms with Crippen LogP contribution >= 0.6 is 0 Å². The normalized spacial score (nSPS) is 12.7. The van der Waals surface area contributed by atoms with E-state index < -0.39 is 0 Å². The number of hydrogen-bond donors (Lipinski definition) is 1. The molecule has 1 rings (SSSR count). The fourth-order valence-corrected chi connectivity index (χ4v) is 1.73. The quantitative estimate of drug-likeness (QED) is 0.698. The average Bonchev–Trinajstić information content (AvgIpc) is 2.30. The third kappa shape index (κ3) is 4.45. The molecule has 1 unspecified atom stereocenters. The van der Waals surface area contributed by atoms with Gasteiger partial charge in [0.15, 0.2) is 0 Å². The lowest BCUT2D eigenvalue weighted by Gasteiger charge is -2.14. The van der Waals surface area contributed by atoms with Gasteiger partial charge in [-0.1, -0.05) is 36.8 Å². The van der Waals surface area contributed by atoms with Gasteiger partial charge in [-0.3, -0.25) is 0 Å². The predicted octanol–water partition coefficient (Wildman–Crippen LogP) is 2.58. The Morgan fingerprint density at radius 2 is 1.93 bits per heavy atom. The minimum atomic E-state index is 0.233. The molecule has 0 bridgehead atoms. The van der Waals surface area contributed by atoms with Crippen molar-refractivity contribution in [3.63, 3.8) is 0 Å². The molecule has 1 aromatic rings. The number of aliphatic hydroxyl groups is 1. The Kier molecular flexibility index (Phi) is 6.05. The molecule has 1 aromatic carbocycles. The second kappa shape index (κ2) is 7.43. The molecule has 0 fully saturated rings. The molecule has 0 saturated heterocycles. The third-order valence-electron chi connectivity index (χ3n) is 2.64. The van der Waals surface area contributed by atoms with E-state index in [1.807, 2.05) is 18.2 Å². The lowest BCUT2D eigenvalue weighted by molar-refractivity contribution is 0.188. The maximum atomic E-state index is 9.30. The maximum absolute atomic E-state index is 9.30. The molecule has 0 amide bonds. The third-order valence-corrected chi connectivity index (χ3v) is 2.64. The van der Waals surface area contributed by atoms with Crippen LogP contribution in [-0.4, -0.2) is 25.4 Å². The van der Waals surface area contributed by atoms with E-state index in [4.69, 9.17) is 4.74 Å². The van der Waals surface area contributed by atoms with Crippen molar-refractivity contribution in [2.24, 2.45) is 0 Å². The number of methoxy groups -OCH3 is 1. The summed E-state index contributed by atoms with van der Waals surface area (Å²) in [5, 5.41) is 9.30. The van der Waals surface area contributed by atoms with E-state index in [1.165, 1.54) is 5.56 Å². The Labute approximate surface area is 91.9 Å². The largest absolute Gasteiger partial charge is 0.396 e. The van der Waals surface area contributed by atoms with Gasteiger partial charge in [-0.15, -0.1) is 0 Å². The van der Waals surface area contributed by atoms with E-state index in [-0.39, 0.29) is 12.5 Å². The molecule has 0 aliphatic carbocycles. The molecule has 0 heterocycles. The van der Waals surface area contributed by atoms with E-state index >= 15 is 0 Å². The number of benzene rings is 1. The van der Waals surface area contributed by atoms with Crippen molar-refractivity contribution in [3.8, 4) is 0 Å². The minimum Gasteiger partial charge on any atom is -0.396 e. The van der Waals surface area contributed by atoms with Crippen LogP contribution in [0.2, 0.25) is 0 Å². The van der Waals surface area contributed by atoms with E-state index in [1.54, 1.807) is 7.11 Å². The zero-order valence-corrected chi connectivity index (χ0v) is 9.36. The van der Waals surface area contributed by atoms with Gasteiger partial charge in [0.25, 0.3) is 0 Å². The molecule has 2 heteroatoms. The predicted molar refractivity (Wildman–Crippen MR) is 62.0 cm³/mol. The van der Waals surface area contributed by atoms with E-state index in [9.17, 15) is 5.11 Å². The summed E-state index contributed by atoms with van der Waals surface area (Å²) in [7, 11) is 1.72. The van der Waals surface area contributed by atoms with E-state index in [2.05, 4.69) is 12.1 Å². The molecule has 15 heavy (non-hydrogen) atoms. The highest BCUT2D eigenvalue weighted by Gasteiger charge is 2.08. The molecule has 1 atom stereocenters. The number of hydrogen-bond acceptors (Lipinski definition) is 2. The Bertz CT molecular complexity index is 246. The summed E-state index contributed by atoms with van der Waals surface area (Å²) in [6.45, 7) is 1.05. The van der Waals surface area contributed by atoms with Gasteiger partial charge in [0, 0.05) is 26.2 Å². The Balaban J connectivity index is 2.36. The van der Waals surface area contributed by atoms with Crippen LogP contribution < -0.4 is 0 Å².